The molecule has 4 aromatic rings. The summed E-state index contributed by atoms with van der Waals surface area (Å²) in [6.45, 7) is 0. The second kappa shape index (κ2) is 8.73. The van der Waals surface area contributed by atoms with Crippen LogP contribution in [0, 0.1) is 5.92 Å². The van der Waals surface area contributed by atoms with Gasteiger partial charge in [-0.05, 0) is 43.9 Å². The molecule has 0 amide bonds. The highest BCUT2D eigenvalue weighted by Crippen LogP contribution is 2.40. The van der Waals surface area contributed by atoms with Crippen molar-refractivity contribution in [2.24, 2.45) is 5.92 Å². The molecule has 10 nitrogen and oxygen atoms in total. The van der Waals surface area contributed by atoms with Crippen LogP contribution in [0.25, 0.3) is 28.2 Å². The highest BCUT2D eigenvalue weighted by molar-refractivity contribution is 7.91. The minimum Gasteiger partial charge on any atom is -0.481 e. The van der Waals surface area contributed by atoms with Crippen LogP contribution in [-0.4, -0.2) is 50.3 Å². The summed E-state index contributed by atoms with van der Waals surface area (Å²) in [5, 5.41) is 13.7. The monoisotopic (exact) mass is 492 g/mol. The molecule has 0 spiro atoms. The maximum atomic E-state index is 12.7. The number of sulfone groups is 1. The smallest absolute Gasteiger partial charge is 0.306 e. The Hall–Kier alpha value is -3.86. The molecular weight excluding hydrogens is 468 g/mol. The molecule has 4 heterocycles. The normalized spacial score (nSPS) is 18.5. The maximum absolute atomic E-state index is 12.7. The van der Waals surface area contributed by atoms with Crippen molar-refractivity contribution in [3.63, 3.8) is 0 Å². The van der Waals surface area contributed by atoms with Crippen LogP contribution in [0.5, 0.6) is 0 Å². The van der Waals surface area contributed by atoms with Gasteiger partial charge in [-0.3, -0.25) is 14.8 Å². The van der Waals surface area contributed by atoms with Gasteiger partial charge in [-0.15, -0.1) is 0 Å². The number of nitrogen functional groups attached to an aromatic ring is 1. The summed E-state index contributed by atoms with van der Waals surface area (Å²) in [5.74, 6) is -1.47. The van der Waals surface area contributed by atoms with Crippen molar-refractivity contribution in [3.05, 3.63) is 54.6 Å². The average molecular weight is 493 g/mol. The van der Waals surface area contributed by atoms with Crippen molar-refractivity contribution in [1.82, 2.24) is 24.6 Å². The van der Waals surface area contributed by atoms with Crippen molar-refractivity contribution in [1.29, 1.82) is 0 Å². The van der Waals surface area contributed by atoms with Crippen molar-refractivity contribution in [2.45, 2.75) is 36.5 Å². The van der Waals surface area contributed by atoms with E-state index < -0.39 is 21.7 Å². The molecule has 11 heteroatoms. The quantitative estimate of drug-likeness (QED) is 0.427. The van der Waals surface area contributed by atoms with Crippen LogP contribution in [0.4, 0.5) is 5.82 Å². The summed E-state index contributed by atoms with van der Waals surface area (Å²) in [5.41, 5.74) is 10.0. The minimum absolute atomic E-state index is 0.00262. The number of carboxylic acids is 1. The first-order valence-corrected chi connectivity index (χ1v) is 13.1. The van der Waals surface area contributed by atoms with Crippen LogP contribution in [-0.2, 0) is 14.6 Å². The molecule has 0 aliphatic heterocycles. The summed E-state index contributed by atoms with van der Waals surface area (Å²) in [6.07, 6.45) is 8.05. The molecule has 1 aliphatic carbocycles. The van der Waals surface area contributed by atoms with Gasteiger partial charge in [0.2, 0.25) is 0 Å². The van der Waals surface area contributed by atoms with Crippen LogP contribution < -0.4 is 5.73 Å². The maximum Gasteiger partial charge on any atom is 0.306 e. The van der Waals surface area contributed by atoms with Crippen molar-refractivity contribution in [3.8, 4) is 22.5 Å². The molecule has 3 N–H and O–H groups in total. The molecule has 5 rings (SSSR count). The number of pyridine rings is 2. The van der Waals surface area contributed by atoms with Crippen molar-refractivity contribution < 1.29 is 18.3 Å². The molecule has 35 heavy (non-hydrogen) atoms. The number of carbonyl (C=O) groups is 1. The summed E-state index contributed by atoms with van der Waals surface area (Å²) in [6, 6.07) is 9.33. The Bertz CT molecular complexity index is 1510. The standard InChI is InChI=1S/C24H24N6O4S/c1-35(33,34)21-20(14-5-7-15(8-6-14)24(31)32)29-23-17(13-28-30(23)22(21)25)16-9-10-19(27-12-16)18-4-2-3-11-26-18/h2-4,9-15H,5-8,25H2,1H3,(H,31,32). The van der Waals surface area contributed by atoms with Crippen LogP contribution in [0.1, 0.15) is 37.3 Å². The van der Waals surface area contributed by atoms with Gasteiger partial charge in [0.15, 0.2) is 15.5 Å². The Morgan fingerprint density at radius 2 is 1.80 bits per heavy atom. The predicted octanol–water partition coefficient (Wildman–Crippen LogP) is 3.20. The lowest BCUT2D eigenvalue weighted by Gasteiger charge is -2.27. The number of aliphatic carboxylic acids is 1. The third-order valence-corrected chi connectivity index (χ3v) is 7.66. The van der Waals surface area contributed by atoms with Gasteiger partial charge < -0.3 is 10.8 Å². The number of rotatable bonds is 5. The molecule has 1 saturated carbocycles. The fourth-order valence-electron chi connectivity index (χ4n) is 4.71. The lowest BCUT2D eigenvalue weighted by atomic mass is 9.80. The van der Waals surface area contributed by atoms with E-state index in [-0.39, 0.29) is 16.6 Å². The number of aromatic nitrogens is 5. The second-order valence-electron chi connectivity index (χ2n) is 8.81. The zero-order valence-corrected chi connectivity index (χ0v) is 19.8. The highest BCUT2D eigenvalue weighted by Gasteiger charge is 2.33. The van der Waals surface area contributed by atoms with E-state index in [4.69, 9.17) is 10.7 Å². The van der Waals surface area contributed by atoms with Gasteiger partial charge in [-0.25, -0.2) is 13.4 Å². The molecule has 0 radical (unpaired) electrons. The fourth-order valence-corrected chi connectivity index (χ4v) is 5.77. The Morgan fingerprint density at radius 3 is 2.40 bits per heavy atom. The zero-order valence-electron chi connectivity index (χ0n) is 19.0. The molecule has 0 aromatic carbocycles. The Kier molecular flexibility index (Phi) is 5.72. The van der Waals surface area contributed by atoms with Crippen LogP contribution >= 0.6 is 0 Å². The molecule has 4 aromatic heterocycles. The highest BCUT2D eigenvalue weighted by atomic mass is 32.2. The van der Waals surface area contributed by atoms with E-state index in [0.717, 1.165) is 17.5 Å². The zero-order chi connectivity index (χ0) is 24.7. The summed E-state index contributed by atoms with van der Waals surface area (Å²) >= 11 is 0. The number of hydrogen-bond donors (Lipinski definition) is 2. The molecule has 1 aliphatic rings. The van der Waals surface area contributed by atoms with Crippen molar-refractivity contribution in [2.75, 3.05) is 12.0 Å². The first-order valence-electron chi connectivity index (χ1n) is 11.2. The van der Waals surface area contributed by atoms with E-state index >= 15 is 0 Å². The Morgan fingerprint density at radius 1 is 1.06 bits per heavy atom. The second-order valence-corrected chi connectivity index (χ2v) is 10.8. The first kappa shape index (κ1) is 22.9. The average Bonchev–Trinajstić information content (AvgIpc) is 3.28. The van der Waals surface area contributed by atoms with Gasteiger partial charge in [0.05, 0.1) is 29.2 Å². The molecule has 0 bridgehead atoms. The number of nitrogens with two attached hydrogens (primary N) is 1. The van der Waals surface area contributed by atoms with Gasteiger partial charge in [-0.1, -0.05) is 12.1 Å². The number of carboxylic acid groups (broad SMARTS) is 1. The molecule has 0 saturated heterocycles. The van der Waals surface area contributed by atoms with Gasteiger partial charge in [0.25, 0.3) is 0 Å². The third kappa shape index (κ3) is 4.23. The van der Waals surface area contributed by atoms with Crippen molar-refractivity contribution >= 4 is 27.3 Å². The van der Waals surface area contributed by atoms with Crippen LogP contribution in [0.3, 0.4) is 0 Å². The van der Waals surface area contributed by atoms with Crippen LogP contribution in [0.15, 0.2) is 53.8 Å². The fraction of sp³-hybridized carbons (Fsp3) is 0.292. The molecule has 1 fully saturated rings. The molecular formula is C24H24N6O4S. The Balaban J connectivity index is 1.60. The summed E-state index contributed by atoms with van der Waals surface area (Å²) in [4.78, 5) is 24.9. The first-order chi connectivity index (χ1) is 16.7. The number of anilines is 1. The lowest BCUT2D eigenvalue weighted by Crippen LogP contribution is -2.23. The summed E-state index contributed by atoms with van der Waals surface area (Å²) < 4.78 is 26.8. The lowest BCUT2D eigenvalue weighted by molar-refractivity contribution is -0.142. The van der Waals surface area contributed by atoms with E-state index in [1.165, 1.54) is 4.52 Å². The number of fused-ring (bicyclic) bond motifs is 1. The van der Waals surface area contributed by atoms with Gasteiger partial charge >= 0.3 is 5.97 Å². The van der Waals surface area contributed by atoms with E-state index in [9.17, 15) is 18.3 Å². The topological polar surface area (TPSA) is 153 Å². The SMILES string of the molecule is CS(=O)(=O)c1c(C2CCC(C(=O)O)CC2)nc2c(-c3ccc(-c4ccccn4)nc3)cnn2c1N. The van der Waals surface area contributed by atoms with Gasteiger partial charge in [-0.2, -0.15) is 9.61 Å². The molecule has 0 atom stereocenters. The molecule has 180 valence electrons. The summed E-state index contributed by atoms with van der Waals surface area (Å²) in [7, 11) is -3.71. The van der Waals surface area contributed by atoms with Gasteiger partial charge in [0.1, 0.15) is 10.7 Å². The van der Waals surface area contributed by atoms with Crippen LogP contribution in [0.2, 0.25) is 0 Å². The molecule has 0 unspecified atom stereocenters. The predicted molar refractivity (Wildman–Crippen MR) is 129 cm³/mol. The van der Waals surface area contributed by atoms with E-state index in [2.05, 4.69) is 15.1 Å². The largest absolute Gasteiger partial charge is 0.481 e. The van der Waals surface area contributed by atoms with E-state index in [0.29, 0.717) is 48.3 Å². The third-order valence-electron chi connectivity index (χ3n) is 6.50. The number of hydrogen-bond acceptors (Lipinski definition) is 8. The Labute approximate surface area is 201 Å². The van der Waals surface area contributed by atoms with E-state index in [1.807, 2.05) is 30.3 Å². The van der Waals surface area contributed by atoms with E-state index in [1.54, 1.807) is 18.6 Å². The number of nitrogens with zero attached hydrogens (tertiary/aromatic N) is 5. The minimum atomic E-state index is -3.71. The van der Waals surface area contributed by atoms with Gasteiger partial charge in [0, 0.05) is 35.7 Å².